The number of fused-ring (bicyclic) bond motifs is 1. The summed E-state index contributed by atoms with van der Waals surface area (Å²) in [5.41, 5.74) is 1.30. The molecule has 124 valence electrons. The van der Waals surface area contributed by atoms with Crippen molar-refractivity contribution in [3.8, 4) is 11.5 Å². The van der Waals surface area contributed by atoms with Crippen LogP contribution in [0.5, 0.6) is 11.5 Å². The van der Waals surface area contributed by atoms with E-state index in [2.05, 4.69) is 10.3 Å². The first-order valence-corrected chi connectivity index (χ1v) is 9.16. The van der Waals surface area contributed by atoms with Crippen LogP contribution < -0.4 is 14.8 Å². The highest BCUT2D eigenvalue weighted by Gasteiger charge is 2.15. The Kier molecular flexibility index (Phi) is 4.92. The molecule has 5 nitrogen and oxygen atoms in total. The number of hydrogen-bond acceptors (Lipinski definition) is 6. The van der Waals surface area contributed by atoms with Gasteiger partial charge in [-0.25, -0.2) is 4.98 Å². The molecule has 24 heavy (non-hydrogen) atoms. The number of nitrogens with zero attached hydrogens (tertiary/aromatic N) is 1. The van der Waals surface area contributed by atoms with Crippen LogP contribution in [-0.2, 0) is 0 Å². The zero-order chi connectivity index (χ0) is 17.1. The molecular formula is C17H16N2O3S2. The molecule has 1 aromatic heterocycles. The molecule has 0 spiro atoms. The van der Waals surface area contributed by atoms with Crippen LogP contribution in [0, 0.1) is 0 Å². The standard InChI is InChI=1S/C17H16N2O3S2/c1-21-10-4-7-13-15(8-10)24-17(18-13)19-16(20)12-6-5-11(23-3)9-14(12)22-2/h4-9H,1-3H3,(H,18,19,20). The molecule has 0 unspecified atom stereocenters. The zero-order valence-electron chi connectivity index (χ0n) is 13.5. The SMILES string of the molecule is COc1ccc2nc(NC(=O)c3ccc(SC)cc3OC)sc2c1. The van der Waals surface area contributed by atoms with Gasteiger partial charge in [0.15, 0.2) is 5.13 Å². The Morgan fingerprint density at radius 3 is 2.71 bits per heavy atom. The minimum Gasteiger partial charge on any atom is -0.497 e. The number of methoxy groups -OCH3 is 2. The molecule has 0 fully saturated rings. The van der Waals surface area contributed by atoms with Crippen LogP contribution in [0.2, 0.25) is 0 Å². The fraction of sp³-hybridized carbons (Fsp3) is 0.176. The Labute approximate surface area is 148 Å². The number of aromatic nitrogens is 1. The number of rotatable bonds is 5. The molecule has 0 bridgehead atoms. The molecule has 0 aliphatic rings. The Balaban J connectivity index is 1.87. The summed E-state index contributed by atoms with van der Waals surface area (Å²) in [5, 5.41) is 3.38. The first-order valence-electron chi connectivity index (χ1n) is 7.12. The summed E-state index contributed by atoms with van der Waals surface area (Å²) in [4.78, 5) is 18.0. The van der Waals surface area contributed by atoms with Crippen LogP contribution in [0.1, 0.15) is 10.4 Å². The molecule has 0 saturated heterocycles. The summed E-state index contributed by atoms with van der Waals surface area (Å²) < 4.78 is 11.5. The van der Waals surface area contributed by atoms with E-state index >= 15 is 0 Å². The van der Waals surface area contributed by atoms with Gasteiger partial charge in [-0.1, -0.05) is 11.3 Å². The van der Waals surface area contributed by atoms with E-state index in [-0.39, 0.29) is 5.91 Å². The monoisotopic (exact) mass is 360 g/mol. The summed E-state index contributed by atoms with van der Waals surface area (Å²) in [6, 6.07) is 11.1. The summed E-state index contributed by atoms with van der Waals surface area (Å²) in [7, 11) is 3.18. The van der Waals surface area contributed by atoms with Crippen molar-refractivity contribution in [2.75, 3.05) is 25.8 Å². The van der Waals surface area contributed by atoms with E-state index in [1.165, 1.54) is 11.3 Å². The topological polar surface area (TPSA) is 60.5 Å². The third-order valence-corrected chi connectivity index (χ3v) is 5.13. The number of hydrogen-bond donors (Lipinski definition) is 1. The molecular weight excluding hydrogens is 344 g/mol. The highest BCUT2D eigenvalue weighted by Crippen LogP contribution is 2.30. The molecule has 3 rings (SSSR count). The number of thiazole rings is 1. The number of anilines is 1. The Hall–Kier alpha value is -2.25. The van der Waals surface area contributed by atoms with Gasteiger partial charge < -0.3 is 9.47 Å². The quantitative estimate of drug-likeness (QED) is 0.688. The predicted molar refractivity (Wildman–Crippen MR) is 98.9 cm³/mol. The minimum absolute atomic E-state index is 0.245. The van der Waals surface area contributed by atoms with E-state index in [9.17, 15) is 4.79 Å². The Bertz CT molecular complexity index is 893. The van der Waals surface area contributed by atoms with Crippen LogP contribution in [0.25, 0.3) is 10.2 Å². The summed E-state index contributed by atoms with van der Waals surface area (Å²) >= 11 is 3.00. The zero-order valence-corrected chi connectivity index (χ0v) is 15.1. The minimum atomic E-state index is -0.245. The van der Waals surface area contributed by atoms with Crippen molar-refractivity contribution in [2.24, 2.45) is 0 Å². The number of carbonyl (C=O) groups is 1. The van der Waals surface area contributed by atoms with Gasteiger partial charge in [0.2, 0.25) is 0 Å². The third kappa shape index (κ3) is 3.32. The summed E-state index contributed by atoms with van der Waals surface area (Å²) in [6.07, 6.45) is 1.98. The van der Waals surface area contributed by atoms with Crippen molar-refractivity contribution in [3.63, 3.8) is 0 Å². The van der Waals surface area contributed by atoms with Gasteiger partial charge in [-0.05, 0) is 42.7 Å². The number of ether oxygens (including phenoxy) is 2. The van der Waals surface area contributed by atoms with Gasteiger partial charge in [-0.2, -0.15) is 0 Å². The van der Waals surface area contributed by atoms with Gasteiger partial charge in [0.25, 0.3) is 5.91 Å². The van der Waals surface area contributed by atoms with Crippen LogP contribution in [0.4, 0.5) is 5.13 Å². The molecule has 0 atom stereocenters. The first-order chi connectivity index (χ1) is 11.6. The molecule has 1 N–H and O–H groups in total. The van der Waals surface area contributed by atoms with Crippen molar-refractivity contribution in [1.29, 1.82) is 0 Å². The molecule has 3 aromatic rings. The van der Waals surface area contributed by atoms with Crippen LogP contribution in [-0.4, -0.2) is 31.4 Å². The summed E-state index contributed by atoms with van der Waals surface area (Å²) in [6.45, 7) is 0. The van der Waals surface area contributed by atoms with Gasteiger partial charge >= 0.3 is 0 Å². The summed E-state index contributed by atoms with van der Waals surface area (Å²) in [5.74, 6) is 1.06. The second-order valence-electron chi connectivity index (χ2n) is 4.87. The van der Waals surface area contributed by atoms with E-state index in [0.29, 0.717) is 16.4 Å². The highest BCUT2D eigenvalue weighted by molar-refractivity contribution is 7.98. The van der Waals surface area contributed by atoms with Crippen LogP contribution in [0.15, 0.2) is 41.3 Å². The Morgan fingerprint density at radius 1 is 1.17 bits per heavy atom. The third-order valence-electron chi connectivity index (χ3n) is 3.47. The first kappa shape index (κ1) is 16.6. The number of amides is 1. The molecule has 1 heterocycles. The van der Waals surface area contributed by atoms with E-state index in [1.807, 2.05) is 36.6 Å². The molecule has 0 radical (unpaired) electrons. The molecule has 1 amide bonds. The second-order valence-corrected chi connectivity index (χ2v) is 6.78. The number of benzene rings is 2. The lowest BCUT2D eigenvalue weighted by Gasteiger charge is -2.09. The lowest BCUT2D eigenvalue weighted by Crippen LogP contribution is -2.13. The van der Waals surface area contributed by atoms with Crippen molar-refractivity contribution in [2.45, 2.75) is 4.90 Å². The van der Waals surface area contributed by atoms with Crippen LogP contribution in [0.3, 0.4) is 0 Å². The van der Waals surface area contributed by atoms with Gasteiger partial charge in [0.1, 0.15) is 11.5 Å². The number of carbonyl (C=O) groups excluding carboxylic acids is 1. The maximum absolute atomic E-state index is 12.5. The van der Waals surface area contributed by atoms with Gasteiger partial charge in [0, 0.05) is 4.90 Å². The highest BCUT2D eigenvalue weighted by atomic mass is 32.2. The van der Waals surface area contributed by atoms with Crippen LogP contribution >= 0.6 is 23.1 Å². The number of thioether (sulfide) groups is 1. The molecule has 0 aliphatic carbocycles. The smallest absolute Gasteiger partial charge is 0.261 e. The largest absolute Gasteiger partial charge is 0.497 e. The van der Waals surface area contributed by atoms with Crippen molar-refractivity contribution in [3.05, 3.63) is 42.0 Å². The molecule has 0 aliphatic heterocycles. The molecule has 7 heteroatoms. The van der Waals surface area contributed by atoms with E-state index in [0.717, 1.165) is 20.9 Å². The average Bonchev–Trinajstić information content (AvgIpc) is 3.01. The van der Waals surface area contributed by atoms with E-state index in [4.69, 9.17) is 9.47 Å². The van der Waals surface area contributed by atoms with E-state index < -0.39 is 0 Å². The van der Waals surface area contributed by atoms with Crippen molar-refractivity contribution in [1.82, 2.24) is 4.98 Å². The molecule has 2 aromatic carbocycles. The molecule has 0 saturated carbocycles. The second kappa shape index (κ2) is 7.11. The van der Waals surface area contributed by atoms with Crippen molar-refractivity contribution >= 4 is 44.4 Å². The van der Waals surface area contributed by atoms with E-state index in [1.54, 1.807) is 32.0 Å². The maximum Gasteiger partial charge on any atom is 0.261 e. The van der Waals surface area contributed by atoms with Gasteiger partial charge in [-0.3, -0.25) is 10.1 Å². The normalized spacial score (nSPS) is 10.6. The number of nitrogens with one attached hydrogen (secondary N) is 1. The lowest BCUT2D eigenvalue weighted by molar-refractivity contribution is 0.102. The lowest BCUT2D eigenvalue weighted by atomic mass is 10.2. The fourth-order valence-corrected chi connectivity index (χ4v) is 3.55. The van der Waals surface area contributed by atoms with Gasteiger partial charge in [0.05, 0.1) is 30.0 Å². The Morgan fingerprint density at radius 2 is 2.00 bits per heavy atom. The van der Waals surface area contributed by atoms with Crippen molar-refractivity contribution < 1.29 is 14.3 Å². The maximum atomic E-state index is 12.5. The average molecular weight is 360 g/mol. The predicted octanol–water partition coefficient (Wildman–Crippen LogP) is 4.29. The van der Waals surface area contributed by atoms with Gasteiger partial charge in [-0.15, -0.1) is 11.8 Å². The fourth-order valence-electron chi connectivity index (χ4n) is 2.24.